The molecule has 0 heterocycles. The average Bonchev–Trinajstić information content (AvgIpc) is 3.31. The lowest BCUT2D eigenvalue weighted by Crippen LogP contribution is -2.25. The third-order valence-corrected chi connectivity index (χ3v) is 8.26. The van der Waals surface area contributed by atoms with Crippen LogP contribution in [-0.2, 0) is 9.59 Å². The van der Waals surface area contributed by atoms with E-state index in [2.05, 4.69) is 0 Å². The lowest BCUT2D eigenvalue weighted by molar-refractivity contribution is -0.121. The maximum absolute atomic E-state index is 13.3. The van der Waals surface area contributed by atoms with Crippen LogP contribution in [0.2, 0.25) is 0 Å². The number of carbonyl (C=O) groups excluding carboxylic acids is 7. The third-order valence-electron chi connectivity index (χ3n) is 6.86. The molecule has 2 aliphatic rings. The van der Waals surface area contributed by atoms with E-state index in [4.69, 9.17) is 0 Å². The molecule has 0 fully saturated rings. The summed E-state index contributed by atoms with van der Waals surface area (Å²) in [5.74, 6) is -4.91. The van der Waals surface area contributed by atoms with E-state index >= 15 is 0 Å². The van der Waals surface area contributed by atoms with Crippen LogP contribution < -0.4 is 0 Å². The summed E-state index contributed by atoms with van der Waals surface area (Å²) < 4.78 is 0. The number of benzene rings is 2. The number of fused-ring (bicyclic) bond motifs is 2. The molecule has 0 aromatic heterocycles. The van der Waals surface area contributed by atoms with E-state index in [9.17, 15) is 33.6 Å². The van der Waals surface area contributed by atoms with Gasteiger partial charge in [0, 0.05) is 46.2 Å². The number of Topliss-reactive ketones (excluding diaryl/α,β-unsaturated/α-hetero) is 6. The smallest absolute Gasteiger partial charge is 0.193 e. The fourth-order valence-electron chi connectivity index (χ4n) is 4.89. The predicted octanol–water partition coefficient (Wildman–Crippen LogP) is 4.33. The van der Waals surface area contributed by atoms with Gasteiger partial charge in [0.1, 0.15) is 11.8 Å². The fourth-order valence-corrected chi connectivity index (χ4v) is 5.76. The molecule has 0 spiro atoms. The van der Waals surface area contributed by atoms with E-state index in [1.807, 2.05) is 12.5 Å². The molecule has 2 unspecified atom stereocenters. The summed E-state index contributed by atoms with van der Waals surface area (Å²) in [7, 11) is 0. The fraction of sp³-hybridized carbons (Fsp3) is 0.345. The first-order valence-electron chi connectivity index (χ1n) is 12.2. The molecule has 0 radical (unpaired) electrons. The van der Waals surface area contributed by atoms with Gasteiger partial charge >= 0.3 is 0 Å². The summed E-state index contributed by atoms with van der Waals surface area (Å²) in [6.07, 6.45) is 5.22. The van der Waals surface area contributed by atoms with Gasteiger partial charge in [0.25, 0.3) is 0 Å². The summed E-state index contributed by atoms with van der Waals surface area (Å²) in [6, 6.07) is 8.19. The summed E-state index contributed by atoms with van der Waals surface area (Å²) in [4.78, 5) is 89.8. The van der Waals surface area contributed by atoms with Crippen LogP contribution in [0.3, 0.4) is 0 Å². The SMILES string of the molecule is CSCCCC(=O)C1C(=O)c2ccc(C(=O)c3ccc4c(c3)C(=O)C(C(=O)CCCSC)C4=O)cc2C1=O. The van der Waals surface area contributed by atoms with Crippen LogP contribution in [0.1, 0.15) is 83.0 Å². The van der Waals surface area contributed by atoms with Gasteiger partial charge in [-0.15, -0.1) is 0 Å². The van der Waals surface area contributed by atoms with Gasteiger partial charge in [-0.2, -0.15) is 23.5 Å². The Morgan fingerprint density at radius 1 is 0.605 bits per heavy atom. The van der Waals surface area contributed by atoms with E-state index in [-0.39, 0.29) is 46.2 Å². The predicted molar refractivity (Wildman–Crippen MR) is 146 cm³/mol. The van der Waals surface area contributed by atoms with Gasteiger partial charge in [-0.25, -0.2) is 0 Å². The Morgan fingerprint density at radius 3 is 1.34 bits per heavy atom. The van der Waals surface area contributed by atoms with Crippen molar-refractivity contribution in [3.8, 4) is 0 Å². The number of ketones is 7. The van der Waals surface area contributed by atoms with Gasteiger partial charge in [-0.3, -0.25) is 33.6 Å². The van der Waals surface area contributed by atoms with Crippen molar-refractivity contribution in [2.24, 2.45) is 11.8 Å². The zero-order valence-electron chi connectivity index (χ0n) is 21.0. The number of rotatable bonds is 12. The van der Waals surface area contributed by atoms with Crippen molar-refractivity contribution in [2.45, 2.75) is 25.7 Å². The first-order chi connectivity index (χ1) is 18.2. The van der Waals surface area contributed by atoms with Crippen molar-refractivity contribution in [3.63, 3.8) is 0 Å². The second-order valence-electron chi connectivity index (χ2n) is 9.30. The van der Waals surface area contributed by atoms with E-state index in [1.165, 1.54) is 36.4 Å². The molecule has 0 aliphatic heterocycles. The molecule has 9 heteroatoms. The summed E-state index contributed by atoms with van der Waals surface area (Å²) in [6.45, 7) is 0. The Kier molecular flexibility index (Phi) is 8.57. The molecule has 2 aromatic carbocycles. The number of carbonyl (C=O) groups is 7. The van der Waals surface area contributed by atoms with Gasteiger partial charge in [0.05, 0.1) is 0 Å². The molecule has 7 nitrogen and oxygen atoms in total. The second-order valence-corrected chi connectivity index (χ2v) is 11.3. The van der Waals surface area contributed by atoms with Crippen molar-refractivity contribution in [1.82, 2.24) is 0 Å². The standard InChI is InChI=1S/C29H26O7S2/c1-37-11-3-5-21(30)23-26(33)17-9-7-15(13-19(17)28(23)35)25(32)16-8-10-18-20(14-16)29(36)24(27(18)34)22(31)6-4-12-38-2/h7-10,13-14,23-24H,3-6,11-12H2,1-2H3. The van der Waals surface area contributed by atoms with Crippen molar-refractivity contribution in [1.29, 1.82) is 0 Å². The molecular weight excluding hydrogens is 524 g/mol. The van der Waals surface area contributed by atoms with Crippen molar-refractivity contribution in [3.05, 3.63) is 69.8 Å². The maximum atomic E-state index is 13.3. The monoisotopic (exact) mass is 550 g/mol. The van der Waals surface area contributed by atoms with E-state index in [0.29, 0.717) is 12.8 Å². The first-order valence-corrected chi connectivity index (χ1v) is 15.0. The largest absolute Gasteiger partial charge is 0.298 e. The van der Waals surface area contributed by atoms with Crippen LogP contribution >= 0.6 is 23.5 Å². The van der Waals surface area contributed by atoms with Crippen LogP contribution in [0.25, 0.3) is 0 Å². The highest BCUT2D eigenvalue weighted by atomic mass is 32.2. The van der Waals surface area contributed by atoms with Crippen molar-refractivity contribution >= 4 is 64.0 Å². The number of hydrogen-bond acceptors (Lipinski definition) is 9. The van der Waals surface area contributed by atoms with Crippen LogP contribution in [0.5, 0.6) is 0 Å². The van der Waals surface area contributed by atoms with Gasteiger partial charge in [0.15, 0.2) is 40.5 Å². The molecule has 0 amide bonds. The molecule has 0 saturated carbocycles. The van der Waals surface area contributed by atoms with E-state index in [1.54, 1.807) is 23.5 Å². The summed E-state index contributed by atoms with van der Waals surface area (Å²) in [5, 5.41) is 0. The maximum Gasteiger partial charge on any atom is 0.193 e. The highest BCUT2D eigenvalue weighted by Gasteiger charge is 2.44. The van der Waals surface area contributed by atoms with Gasteiger partial charge in [-0.05, 0) is 61.1 Å². The van der Waals surface area contributed by atoms with Crippen LogP contribution in [0.4, 0.5) is 0 Å². The zero-order valence-corrected chi connectivity index (χ0v) is 22.7. The summed E-state index contributed by atoms with van der Waals surface area (Å²) >= 11 is 3.15. The molecule has 196 valence electrons. The molecule has 4 rings (SSSR count). The molecule has 2 aromatic rings. The third kappa shape index (κ3) is 5.09. The highest BCUT2D eigenvalue weighted by molar-refractivity contribution is 7.98. The van der Waals surface area contributed by atoms with Crippen molar-refractivity contribution in [2.75, 3.05) is 24.0 Å². The van der Waals surface area contributed by atoms with E-state index < -0.39 is 52.3 Å². The molecule has 2 aliphatic carbocycles. The Hall–Kier alpha value is -3.17. The van der Waals surface area contributed by atoms with Gasteiger partial charge in [-0.1, -0.05) is 12.1 Å². The first kappa shape index (κ1) is 27.9. The normalized spacial score (nSPS) is 18.1. The molecule has 2 atom stereocenters. The molecular formula is C29H26O7S2. The molecule has 38 heavy (non-hydrogen) atoms. The molecule has 0 saturated heterocycles. The lowest BCUT2D eigenvalue weighted by Gasteiger charge is -2.06. The highest BCUT2D eigenvalue weighted by Crippen LogP contribution is 2.32. The lowest BCUT2D eigenvalue weighted by atomic mass is 9.95. The van der Waals surface area contributed by atoms with Crippen LogP contribution in [0.15, 0.2) is 36.4 Å². The Labute approximate surface area is 228 Å². The Morgan fingerprint density at radius 2 is 0.974 bits per heavy atom. The molecule has 0 bridgehead atoms. The van der Waals surface area contributed by atoms with Crippen LogP contribution in [0, 0.1) is 11.8 Å². The van der Waals surface area contributed by atoms with E-state index in [0.717, 1.165) is 11.5 Å². The minimum atomic E-state index is -1.37. The summed E-state index contributed by atoms with van der Waals surface area (Å²) in [5.41, 5.74) is 0.531. The average molecular weight is 551 g/mol. The minimum absolute atomic E-state index is 0.0346. The van der Waals surface area contributed by atoms with Crippen LogP contribution in [-0.4, -0.2) is 64.5 Å². The number of thioether (sulfide) groups is 2. The van der Waals surface area contributed by atoms with Crippen molar-refractivity contribution < 1.29 is 33.6 Å². The van der Waals surface area contributed by atoms with Gasteiger partial charge < -0.3 is 0 Å². The quantitative estimate of drug-likeness (QED) is 0.216. The minimum Gasteiger partial charge on any atom is -0.298 e. The second kappa shape index (κ2) is 11.7. The number of hydrogen-bond donors (Lipinski definition) is 0. The Balaban J connectivity index is 1.56. The molecule has 0 N–H and O–H groups in total. The topological polar surface area (TPSA) is 119 Å². The zero-order chi connectivity index (χ0) is 27.6. The van der Waals surface area contributed by atoms with Gasteiger partial charge in [0.2, 0.25) is 0 Å². The Bertz CT molecular complexity index is 1290.